The lowest BCUT2D eigenvalue weighted by atomic mass is 9.91. The van der Waals surface area contributed by atoms with Gasteiger partial charge in [0.2, 0.25) is 0 Å². The quantitative estimate of drug-likeness (QED) is 0.388. The molecule has 0 bridgehead atoms. The minimum Gasteiger partial charge on any atom is -0.495 e. The molecule has 172 valence electrons. The second-order valence-corrected chi connectivity index (χ2v) is 10.2. The smallest absolute Gasteiger partial charge is 0.340 e. The number of nitrogens with zero attached hydrogens (tertiary/aromatic N) is 1. The Morgan fingerprint density at radius 2 is 1.81 bits per heavy atom. The van der Waals surface area contributed by atoms with Gasteiger partial charge in [-0.05, 0) is 30.3 Å². The van der Waals surface area contributed by atoms with Gasteiger partial charge in [-0.3, -0.25) is 9.10 Å². The van der Waals surface area contributed by atoms with Crippen LogP contribution in [0.5, 0.6) is 5.75 Å². The van der Waals surface area contributed by atoms with Gasteiger partial charge in [-0.2, -0.15) is 0 Å². The normalized spacial score (nSPS) is 11.5. The van der Waals surface area contributed by atoms with Gasteiger partial charge in [0.05, 0.1) is 34.8 Å². The average Bonchev–Trinajstić information content (AvgIpc) is 2.74. The van der Waals surface area contributed by atoms with E-state index in [-0.39, 0.29) is 27.8 Å². The Morgan fingerprint density at radius 1 is 1.16 bits per heavy atom. The van der Waals surface area contributed by atoms with Gasteiger partial charge < -0.3 is 9.47 Å². The molecule has 0 atom stereocenters. The first-order chi connectivity index (χ1) is 14.9. The van der Waals surface area contributed by atoms with Crippen molar-refractivity contribution in [2.45, 2.75) is 25.7 Å². The lowest BCUT2D eigenvalue weighted by molar-refractivity contribution is -0.129. The van der Waals surface area contributed by atoms with Crippen molar-refractivity contribution in [2.75, 3.05) is 24.6 Å². The summed E-state index contributed by atoms with van der Waals surface area (Å²) in [5.41, 5.74) is -0.535. The number of ketones is 1. The second-order valence-electron chi connectivity index (χ2n) is 7.89. The summed E-state index contributed by atoms with van der Waals surface area (Å²) in [7, 11) is -2.69. The van der Waals surface area contributed by atoms with Crippen molar-refractivity contribution < 1.29 is 27.5 Å². The first-order valence-electron chi connectivity index (χ1n) is 9.70. The molecule has 0 N–H and O–H groups in total. The molecule has 0 aliphatic carbocycles. The zero-order valence-corrected chi connectivity index (χ0v) is 20.0. The van der Waals surface area contributed by atoms with Crippen molar-refractivity contribution in [1.82, 2.24) is 0 Å². The average molecular weight is 480 g/mol. The number of carbonyl (C=O) groups excluding carboxylic acids is 2. The molecule has 9 heteroatoms. The largest absolute Gasteiger partial charge is 0.495 e. The highest BCUT2D eigenvalue weighted by molar-refractivity contribution is 7.92. The van der Waals surface area contributed by atoms with E-state index in [0.717, 1.165) is 10.4 Å². The molecule has 0 spiro atoms. The summed E-state index contributed by atoms with van der Waals surface area (Å²) in [6.07, 6.45) is 1.44. The number of benzene rings is 2. The summed E-state index contributed by atoms with van der Waals surface area (Å²) >= 11 is 6.12. The number of Topliss-reactive ketones (excluding diaryl/α,β-unsaturated/α-hetero) is 1. The van der Waals surface area contributed by atoms with Gasteiger partial charge >= 0.3 is 5.97 Å². The number of esters is 1. The number of halogens is 1. The van der Waals surface area contributed by atoms with E-state index >= 15 is 0 Å². The maximum atomic E-state index is 13.4. The number of methoxy groups -OCH3 is 1. The van der Waals surface area contributed by atoms with E-state index in [0.29, 0.717) is 11.4 Å². The van der Waals surface area contributed by atoms with Crippen LogP contribution < -0.4 is 9.04 Å². The van der Waals surface area contributed by atoms with Crippen molar-refractivity contribution in [3.63, 3.8) is 0 Å². The topological polar surface area (TPSA) is 90.0 Å². The SMILES string of the molecule is C=CCN(c1ccccc1OC)S(=O)(=O)c1ccc(Cl)c(C(=O)OCC(=O)C(C)(C)C)c1. The summed E-state index contributed by atoms with van der Waals surface area (Å²) < 4.78 is 38.4. The number of anilines is 1. The highest BCUT2D eigenvalue weighted by atomic mass is 35.5. The van der Waals surface area contributed by atoms with Crippen LogP contribution in [0, 0.1) is 5.41 Å². The van der Waals surface area contributed by atoms with Gasteiger partial charge in [-0.15, -0.1) is 6.58 Å². The number of para-hydroxylation sites is 2. The molecule has 2 aromatic rings. The predicted octanol–water partition coefficient (Wildman–Crippen LogP) is 4.50. The zero-order valence-electron chi connectivity index (χ0n) is 18.4. The third kappa shape index (κ3) is 5.69. The molecule has 7 nitrogen and oxygen atoms in total. The maximum Gasteiger partial charge on any atom is 0.340 e. The number of sulfonamides is 1. The Balaban J connectivity index is 2.44. The number of rotatable bonds is 9. The summed E-state index contributed by atoms with van der Waals surface area (Å²) in [6, 6.07) is 10.4. The highest BCUT2D eigenvalue weighted by Crippen LogP contribution is 2.33. The molecule has 32 heavy (non-hydrogen) atoms. The fourth-order valence-electron chi connectivity index (χ4n) is 2.65. The van der Waals surface area contributed by atoms with Crippen LogP contribution in [0.25, 0.3) is 0 Å². The van der Waals surface area contributed by atoms with Crippen LogP contribution in [0.2, 0.25) is 5.02 Å². The second kappa shape index (κ2) is 10.2. The van der Waals surface area contributed by atoms with Gasteiger partial charge in [-0.25, -0.2) is 13.2 Å². The molecule has 0 aliphatic rings. The van der Waals surface area contributed by atoms with Crippen molar-refractivity contribution in [3.8, 4) is 5.75 Å². The van der Waals surface area contributed by atoms with E-state index in [1.54, 1.807) is 45.0 Å². The van der Waals surface area contributed by atoms with E-state index in [4.69, 9.17) is 21.1 Å². The van der Waals surface area contributed by atoms with Crippen LogP contribution in [-0.2, 0) is 19.6 Å². The molecule has 0 heterocycles. The summed E-state index contributed by atoms with van der Waals surface area (Å²) in [4.78, 5) is 24.4. The maximum absolute atomic E-state index is 13.4. The summed E-state index contributed by atoms with van der Waals surface area (Å²) in [6.45, 7) is 8.26. The van der Waals surface area contributed by atoms with Crippen molar-refractivity contribution >= 4 is 39.1 Å². The Hall–Kier alpha value is -2.84. The van der Waals surface area contributed by atoms with E-state index < -0.39 is 28.0 Å². The van der Waals surface area contributed by atoms with Crippen LogP contribution in [0.1, 0.15) is 31.1 Å². The molecule has 0 aromatic heterocycles. The molecular weight excluding hydrogens is 454 g/mol. The first-order valence-corrected chi connectivity index (χ1v) is 11.5. The first kappa shape index (κ1) is 25.4. The fraction of sp³-hybridized carbons (Fsp3) is 0.304. The molecule has 0 aliphatic heterocycles. The Kier molecular flexibility index (Phi) is 8.09. The zero-order chi connectivity index (χ0) is 24.1. The van der Waals surface area contributed by atoms with Gasteiger partial charge in [0.25, 0.3) is 10.0 Å². The van der Waals surface area contributed by atoms with Gasteiger partial charge in [-0.1, -0.05) is 50.6 Å². The molecule has 2 aromatic carbocycles. The van der Waals surface area contributed by atoms with E-state index in [9.17, 15) is 18.0 Å². The van der Waals surface area contributed by atoms with Crippen LogP contribution in [0.4, 0.5) is 5.69 Å². The minimum atomic E-state index is -4.13. The standard InChI is InChI=1S/C23H26ClNO6S/c1-6-13-25(19-9-7-8-10-20(19)30-5)32(28,29)16-11-12-18(24)17(14-16)22(27)31-15-21(26)23(2,3)4/h6-12,14H,1,13,15H2,2-5H3. The molecule has 0 radical (unpaired) electrons. The number of hydrogen-bond acceptors (Lipinski definition) is 6. The third-order valence-electron chi connectivity index (χ3n) is 4.57. The van der Waals surface area contributed by atoms with Crippen LogP contribution >= 0.6 is 11.6 Å². The number of ether oxygens (including phenoxy) is 2. The lowest BCUT2D eigenvalue weighted by Gasteiger charge is -2.25. The van der Waals surface area contributed by atoms with Gasteiger partial charge in [0, 0.05) is 5.41 Å². The van der Waals surface area contributed by atoms with Crippen molar-refractivity contribution in [3.05, 3.63) is 65.7 Å². The molecule has 0 unspecified atom stereocenters. The Labute approximate surface area is 193 Å². The van der Waals surface area contributed by atoms with E-state index in [2.05, 4.69) is 6.58 Å². The number of hydrogen-bond donors (Lipinski definition) is 0. The van der Waals surface area contributed by atoms with Crippen LogP contribution in [0.3, 0.4) is 0 Å². The van der Waals surface area contributed by atoms with E-state index in [1.807, 2.05) is 0 Å². The molecular formula is C23H26ClNO6S. The summed E-state index contributed by atoms with van der Waals surface area (Å²) in [5.74, 6) is -0.816. The molecule has 0 saturated carbocycles. The minimum absolute atomic E-state index is 0.00437. The molecule has 0 fully saturated rings. The van der Waals surface area contributed by atoms with Crippen LogP contribution in [0.15, 0.2) is 60.0 Å². The molecule has 2 rings (SSSR count). The van der Waals surface area contributed by atoms with Gasteiger partial charge in [0.15, 0.2) is 12.4 Å². The van der Waals surface area contributed by atoms with Crippen molar-refractivity contribution in [2.24, 2.45) is 5.41 Å². The van der Waals surface area contributed by atoms with E-state index in [1.165, 1.54) is 25.3 Å². The summed E-state index contributed by atoms with van der Waals surface area (Å²) in [5, 5.41) is 0.00437. The van der Waals surface area contributed by atoms with Crippen LogP contribution in [-0.4, -0.2) is 40.4 Å². The Morgan fingerprint density at radius 3 is 2.41 bits per heavy atom. The monoisotopic (exact) mass is 479 g/mol. The number of carbonyl (C=O) groups is 2. The third-order valence-corrected chi connectivity index (χ3v) is 6.67. The molecule has 0 amide bonds. The van der Waals surface area contributed by atoms with Gasteiger partial charge in [0.1, 0.15) is 5.75 Å². The Bertz CT molecular complexity index is 1120. The predicted molar refractivity (Wildman–Crippen MR) is 124 cm³/mol. The molecule has 0 saturated heterocycles. The van der Waals surface area contributed by atoms with Crippen molar-refractivity contribution in [1.29, 1.82) is 0 Å². The fourth-order valence-corrected chi connectivity index (χ4v) is 4.32. The lowest BCUT2D eigenvalue weighted by Crippen LogP contribution is -2.31. The highest BCUT2D eigenvalue weighted by Gasteiger charge is 2.29.